The number of nitrogens with one attached hydrogen (secondary N) is 1. The fraction of sp³-hybridized carbons (Fsp3) is 1.00. The smallest absolute Gasteiger partial charge is 0.0195 e. The van der Waals surface area contributed by atoms with Crippen LogP contribution in [0.1, 0.15) is 47.0 Å². The third-order valence-electron chi connectivity index (χ3n) is 3.59. The van der Waals surface area contributed by atoms with E-state index in [0.717, 1.165) is 12.0 Å². The molecule has 0 spiro atoms. The highest BCUT2D eigenvalue weighted by Crippen LogP contribution is 2.12. The molecule has 2 nitrogen and oxygen atoms in total. The van der Waals surface area contributed by atoms with Crippen molar-refractivity contribution in [3.8, 4) is 0 Å². The quantitative estimate of drug-likeness (QED) is 0.728. The molecule has 0 amide bonds. The van der Waals surface area contributed by atoms with E-state index in [9.17, 15) is 0 Å². The van der Waals surface area contributed by atoms with Crippen LogP contribution < -0.4 is 5.32 Å². The van der Waals surface area contributed by atoms with Gasteiger partial charge in [0.2, 0.25) is 0 Å². The van der Waals surface area contributed by atoms with Crippen LogP contribution in [0.25, 0.3) is 0 Å². The second-order valence-corrected chi connectivity index (χ2v) is 5.35. The van der Waals surface area contributed by atoms with Crippen molar-refractivity contribution in [2.24, 2.45) is 5.92 Å². The molecule has 0 aromatic heterocycles. The van der Waals surface area contributed by atoms with Gasteiger partial charge in [0.1, 0.15) is 0 Å². The summed E-state index contributed by atoms with van der Waals surface area (Å²) in [6.07, 6.45) is 4.02. The molecule has 1 rings (SSSR count). The molecule has 15 heavy (non-hydrogen) atoms. The van der Waals surface area contributed by atoms with Crippen LogP contribution in [-0.2, 0) is 0 Å². The minimum absolute atomic E-state index is 0.682. The van der Waals surface area contributed by atoms with E-state index >= 15 is 0 Å². The van der Waals surface area contributed by atoms with E-state index < -0.39 is 0 Å². The Hall–Kier alpha value is -0.0800. The molecule has 1 N–H and O–H groups in total. The molecule has 0 aliphatic carbocycles. The van der Waals surface area contributed by atoms with Crippen molar-refractivity contribution in [2.75, 3.05) is 19.6 Å². The summed E-state index contributed by atoms with van der Waals surface area (Å²) in [5.74, 6) is 0.828. The molecular formula is C13H28N2. The minimum atomic E-state index is 0.682. The lowest BCUT2D eigenvalue weighted by atomic mass is 10.1. The van der Waals surface area contributed by atoms with Gasteiger partial charge in [-0.3, -0.25) is 4.90 Å². The van der Waals surface area contributed by atoms with Crippen molar-refractivity contribution in [3.63, 3.8) is 0 Å². The van der Waals surface area contributed by atoms with E-state index in [4.69, 9.17) is 0 Å². The topological polar surface area (TPSA) is 15.3 Å². The minimum Gasteiger partial charge on any atom is -0.313 e. The largest absolute Gasteiger partial charge is 0.313 e. The van der Waals surface area contributed by atoms with Crippen LogP contribution in [-0.4, -0.2) is 36.6 Å². The summed E-state index contributed by atoms with van der Waals surface area (Å²) in [5, 5.41) is 3.59. The molecular weight excluding hydrogens is 184 g/mol. The Morgan fingerprint density at radius 2 is 2.07 bits per heavy atom. The van der Waals surface area contributed by atoms with Crippen LogP contribution in [0.5, 0.6) is 0 Å². The van der Waals surface area contributed by atoms with Crippen molar-refractivity contribution in [3.05, 3.63) is 0 Å². The van der Waals surface area contributed by atoms with E-state index in [1.165, 1.54) is 38.9 Å². The SMILES string of the molecule is CCC(C)CN(CC1CCCN1)C(C)C. The van der Waals surface area contributed by atoms with Gasteiger partial charge in [0.25, 0.3) is 0 Å². The maximum atomic E-state index is 3.59. The van der Waals surface area contributed by atoms with Crippen LogP contribution in [0.2, 0.25) is 0 Å². The van der Waals surface area contributed by atoms with Crippen molar-refractivity contribution < 1.29 is 0 Å². The average molecular weight is 212 g/mol. The Morgan fingerprint density at radius 1 is 1.33 bits per heavy atom. The van der Waals surface area contributed by atoms with Crippen LogP contribution >= 0.6 is 0 Å². The summed E-state index contributed by atoms with van der Waals surface area (Å²) in [7, 11) is 0. The van der Waals surface area contributed by atoms with Crippen LogP contribution in [0.3, 0.4) is 0 Å². The first kappa shape index (κ1) is 13.0. The molecule has 90 valence electrons. The van der Waals surface area contributed by atoms with Gasteiger partial charge >= 0.3 is 0 Å². The van der Waals surface area contributed by atoms with Crippen LogP contribution in [0.4, 0.5) is 0 Å². The zero-order valence-electron chi connectivity index (χ0n) is 10.9. The predicted octanol–water partition coefficient (Wildman–Crippen LogP) is 2.49. The average Bonchev–Trinajstić information content (AvgIpc) is 2.69. The lowest BCUT2D eigenvalue weighted by Crippen LogP contribution is -2.43. The van der Waals surface area contributed by atoms with Crippen molar-refractivity contribution in [2.45, 2.75) is 59.0 Å². The molecule has 2 unspecified atom stereocenters. The summed E-state index contributed by atoms with van der Waals surface area (Å²) in [6.45, 7) is 13.0. The van der Waals surface area contributed by atoms with E-state index in [0.29, 0.717) is 6.04 Å². The molecule has 0 bridgehead atoms. The number of hydrogen-bond donors (Lipinski definition) is 1. The molecule has 0 radical (unpaired) electrons. The Balaban J connectivity index is 2.35. The maximum absolute atomic E-state index is 3.59. The predicted molar refractivity (Wildman–Crippen MR) is 67.2 cm³/mol. The van der Waals surface area contributed by atoms with Crippen molar-refractivity contribution >= 4 is 0 Å². The lowest BCUT2D eigenvalue weighted by Gasteiger charge is -2.31. The van der Waals surface area contributed by atoms with Crippen molar-refractivity contribution in [1.29, 1.82) is 0 Å². The van der Waals surface area contributed by atoms with E-state index in [1.807, 2.05) is 0 Å². The molecule has 2 heteroatoms. The van der Waals surface area contributed by atoms with Gasteiger partial charge in [0.15, 0.2) is 0 Å². The van der Waals surface area contributed by atoms with Gasteiger partial charge in [-0.15, -0.1) is 0 Å². The third-order valence-corrected chi connectivity index (χ3v) is 3.59. The van der Waals surface area contributed by atoms with E-state index in [-0.39, 0.29) is 0 Å². The van der Waals surface area contributed by atoms with Crippen molar-refractivity contribution in [1.82, 2.24) is 10.2 Å². The van der Waals surface area contributed by atoms with Gasteiger partial charge in [-0.1, -0.05) is 20.3 Å². The van der Waals surface area contributed by atoms with Crippen LogP contribution in [0, 0.1) is 5.92 Å². The van der Waals surface area contributed by atoms with E-state index in [2.05, 4.69) is 37.9 Å². The van der Waals surface area contributed by atoms with Gasteiger partial charge in [0, 0.05) is 25.2 Å². The monoisotopic (exact) mass is 212 g/mol. The zero-order valence-corrected chi connectivity index (χ0v) is 10.9. The highest BCUT2D eigenvalue weighted by Gasteiger charge is 2.20. The Kier molecular flexibility index (Phi) is 5.62. The third kappa shape index (κ3) is 4.52. The molecule has 1 aliphatic rings. The fourth-order valence-corrected chi connectivity index (χ4v) is 2.22. The van der Waals surface area contributed by atoms with Crippen LogP contribution in [0.15, 0.2) is 0 Å². The maximum Gasteiger partial charge on any atom is 0.0195 e. The Bertz CT molecular complexity index is 162. The molecule has 1 fully saturated rings. The summed E-state index contributed by atoms with van der Waals surface area (Å²) in [4.78, 5) is 2.64. The highest BCUT2D eigenvalue weighted by atomic mass is 15.2. The standard InChI is InChI=1S/C13H28N2/c1-5-12(4)9-15(11(2)3)10-13-7-6-8-14-13/h11-14H,5-10H2,1-4H3. The molecule has 0 saturated carbocycles. The molecule has 1 heterocycles. The second kappa shape index (κ2) is 6.49. The number of rotatable bonds is 6. The van der Waals surface area contributed by atoms with Gasteiger partial charge in [-0.25, -0.2) is 0 Å². The van der Waals surface area contributed by atoms with Gasteiger partial charge in [0.05, 0.1) is 0 Å². The molecule has 2 atom stereocenters. The summed E-state index contributed by atoms with van der Waals surface area (Å²) in [6, 6.07) is 1.43. The molecule has 1 saturated heterocycles. The highest BCUT2D eigenvalue weighted by molar-refractivity contribution is 4.79. The lowest BCUT2D eigenvalue weighted by molar-refractivity contribution is 0.175. The van der Waals surface area contributed by atoms with Gasteiger partial charge < -0.3 is 5.32 Å². The van der Waals surface area contributed by atoms with E-state index in [1.54, 1.807) is 0 Å². The first-order chi connectivity index (χ1) is 7.13. The van der Waals surface area contributed by atoms with Gasteiger partial charge in [-0.05, 0) is 39.2 Å². The summed E-state index contributed by atoms with van der Waals surface area (Å²) >= 11 is 0. The van der Waals surface area contributed by atoms with Gasteiger partial charge in [-0.2, -0.15) is 0 Å². The number of nitrogens with zero attached hydrogens (tertiary/aromatic N) is 1. The zero-order chi connectivity index (χ0) is 11.3. The Morgan fingerprint density at radius 3 is 2.53 bits per heavy atom. The second-order valence-electron chi connectivity index (χ2n) is 5.35. The summed E-state index contributed by atoms with van der Waals surface area (Å²) < 4.78 is 0. The molecule has 0 aromatic carbocycles. The fourth-order valence-electron chi connectivity index (χ4n) is 2.22. The first-order valence-corrected chi connectivity index (χ1v) is 6.61. The normalized spacial score (nSPS) is 24.0. The first-order valence-electron chi connectivity index (χ1n) is 6.61. The Labute approximate surface area is 95.4 Å². The number of hydrogen-bond acceptors (Lipinski definition) is 2. The molecule has 0 aromatic rings. The summed E-state index contributed by atoms with van der Waals surface area (Å²) in [5.41, 5.74) is 0. The molecule has 1 aliphatic heterocycles.